The van der Waals surface area contributed by atoms with Crippen molar-refractivity contribution in [3.8, 4) is 0 Å². The zero-order valence-corrected chi connectivity index (χ0v) is 8.86. The van der Waals surface area contributed by atoms with Crippen LogP contribution in [0.15, 0.2) is 18.5 Å². The summed E-state index contributed by atoms with van der Waals surface area (Å²) < 4.78 is 0. The third kappa shape index (κ3) is 4.08. The van der Waals surface area contributed by atoms with Gasteiger partial charge in [-0.3, -0.25) is 9.78 Å². The maximum Gasteiger partial charge on any atom is 0.224 e. The third-order valence-electron chi connectivity index (χ3n) is 2.11. The Morgan fingerprint density at radius 2 is 2.33 bits per heavy atom. The summed E-state index contributed by atoms with van der Waals surface area (Å²) in [6.07, 6.45) is 5.19. The third-order valence-corrected chi connectivity index (χ3v) is 2.11. The smallest absolute Gasteiger partial charge is 0.224 e. The van der Waals surface area contributed by atoms with Crippen LogP contribution in [0.1, 0.15) is 24.8 Å². The molecule has 0 aromatic carbocycles. The van der Waals surface area contributed by atoms with Crippen molar-refractivity contribution in [1.29, 1.82) is 0 Å². The van der Waals surface area contributed by atoms with Gasteiger partial charge < -0.3 is 10.4 Å². The number of hydrogen-bond donors (Lipinski definition) is 2. The molecular weight excluding hydrogens is 192 g/mol. The first kappa shape index (κ1) is 11.7. The lowest BCUT2D eigenvalue weighted by Gasteiger charge is -2.06. The quantitative estimate of drug-likeness (QED) is 0.721. The number of rotatable bonds is 5. The number of amides is 1. The van der Waals surface area contributed by atoms with Gasteiger partial charge in [0.25, 0.3) is 0 Å². The van der Waals surface area contributed by atoms with E-state index in [1.54, 1.807) is 18.5 Å². The molecule has 0 saturated carbocycles. The van der Waals surface area contributed by atoms with Gasteiger partial charge in [-0.05, 0) is 31.4 Å². The van der Waals surface area contributed by atoms with Crippen molar-refractivity contribution < 1.29 is 9.90 Å². The van der Waals surface area contributed by atoms with E-state index in [0.29, 0.717) is 19.3 Å². The molecule has 0 aliphatic rings. The normalized spacial score (nSPS) is 10.0. The van der Waals surface area contributed by atoms with E-state index in [1.165, 1.54) is 0 Å². The molecule has 0 aliphatic carbocycles. The Morgan fingerprint density at radius 1 is 1.53 bits per heavy atom. The number of unbranched alkanes of at least 4 members (excludes halogenated alkanes) is 1. The average molecular weight is 208 g/mol. The van der Waals surface area contributed by atoms with Gasteiger partial charge in [-0.1, -0.05) is 0 Å². The number of carbonyl (C=O) groups is 1. The molecule has 0 unspecified atom stereocenters. The largest absolute Gasteiger partial charge is 0.396 e. The van der Waals surface area contributed by atoms with Crippen LogP contribution in [-0.4, -0.2) is 22.6 Å². The minimum atomic E-state index is -0.0160. The summed E-state index contributed by atoms with van der Waals surface area (Å²) >= 11 is 0. The van der Waals surface area contributed by atoms with E-state index in [2.05, 4.69) is 10.3 Å². The van der Waals surface area contributed by atoms with Crippen molar-refractivity contribution in [3.05, 3.63) is 24.0 Å². The van der Waals surface area contributed by atoms with E-state index in [1.807, 2.05) is 6.92 Å². The van der Waals surface area contributed by atoms with Crippen molar-refractivity contribution in [2.24, 2.45) is 0 Å². The molecule has 4 nitrogen and oxygen atoms in total. The highest BCUT2D eigenvalue weighted by molar-refractivity contribution is 5.91. The fourth-order valence-electron chi connectivity index (χ4n) is 1.22. The standard InChI is InChI=1S/C11H16N2O2/c1-9-8-12-6-5-10(9)13-11(15)4-2-3-7-14/h5-6,8,14H,2-4,7H2,1H3,(H,12,13,15). The lowest BCUT2D eigenvalue weighted by Crippen LogP contribution is -2.12. The Balaban J connectivity index is 2.41. The molecule has 1 aromatic rings. The lowest BCUT2D eigenvalue weighted by molar-refractivity contribution is -0.116. The SMILES string of the molecule is Cc1cnccc1NC(=O)CCCCO. The predicted molar refractivity (Wildman–Crippen MR) is 58.5 cm³/mol. The highest BCUT2D eigenvalue weighted by Gasteiger charge is 2.03. The van der Waals surface area contributed by atoms with Crippen LogP contribution < -0.4 is 5.32 Å². The molecule has 15 heavy (non-hydrogen) atoms. The van der Waals surface area contributed by atoms with Gasteiger partial charge >= 0.3 is 0 Å². The zero-order valence-electron chi connectivity index (χ0n) is 8.86. The number of pyridine rings is 1. The van der Waals surface area contributed by atoms with Gasteiger partial charge in [0, 0.05) is 31.1 Å². The monoisotopic (exact) mass is 208 g/mol. The number of aliphatic hydroxyl groups is 1. The van der Waals surface area contributed by atoms with E-state index < -0.39 is 0 Å². The van der Waals surface area contributed by atoms with Gasteiger partial charge in [-0.15, -0.1) is 0 Å². The van der Waals surface area contributed by atoms with Crippen LogP contribution in [0, 0.1) is 6.92 Å². The molecule has 0 radical (unpaired) electrons. The second kappa shape index (κ2) is 6.14. The minimum absolute atomic E-state index is 0.0160. The predicted octanol–water partition coefficient (Wildman–Crippen LogP) is 1.49. The maximum absolute atomic E-state index is 11.4. The van der Waals surface area contributed by atoms with Crippen LogP contribution >= 0.6 is 0 Å². The molecule has 1 aromatic heterocycles. The van der Waals surface area contributed by atoms with Gasteiger partial charge in [-0.25, -0.2) is 0 Å². The summed E-state index contributed by atoms with van der Waals surface area (Å²) in [5.74, 6) is -0.0160. The molecule has 1 rings (SSSR count). The first-order chi connectivity index (χ1) is 7.24. The van der Waals surface area contributed by atoms with Crippen molar-refractivity contribution in [3.63, 3.8) is 0 Å². The van der Waals surface area contributed by atoms with Crippen molar-refractivity contribution >= 4 is 11.6 Å². The van der Waals surface area contributed by atoms with Crippen LogP contribution in [-0.2, 0) is 4.79 Å². The summed E-state index contributed by atoms with van der Waals surface area (Å²) in [4.78, 5) is 15.4. The summed E-state index contributed by atoms with van der Waals surface area (Å²) in [6.45, 7) is 2.04. The molecule has 0 bridgehead atoms. The van der Waals surface area contributed by atoms with Crippen LogP contribution in [0.3, 0.4) is 0 Å². The zero-order chi connectivity index (χ0) is 11.1. The summed E-state index contributed by atoms with van der Waals surface area (Å²) in [6, 6.07) is 1.78. The van der Waals surface area contributed by atoms with Gasteiger partial charge in [-0.2, -0.15) is 0 Å². The van der Waals surface area contributed by atoms with Crippen LogP contribution in [0.4, 0.5) is 5.69 Å². The fraction of sp³-hybridized carbons (Fsp3) is 0.455. The van der Waals surface area contributed by atoms with Crippen LogP contribution in [0.5, 0.6) is 0 Å². The Morgan fingerprint density at radius 3 is 3.00 bits per heavy atom. The number of aliphatic hydroxyl groups excluding tert-OH is 1. The van der Waals surface area contributed by atoms with Gasteiger partial charge in [0.15, 0.2) is 0 Å². The molecular formula is C11H16N2O2. The molecule has 1 amide bonds. The molecule has 1 heterocycles. The molecule has 0 aliphatic heterocycles. The highest BCUT2D eigenvalue weighted by Crippen LogP contribution is 2.12. The molecule has 2 N–H and O–H groups in total. The van der Waals surface area contributed by atoms with Crippen LogP contribution in [0.2, 0.25) is 0 Å². The number of aromatic nitrogens is 1. The number of nitrogens with zero attached hydrogens (tertiary/aromatic N) is 1. The second-order valence-corrected chi connectivity index (χ2v) is 3.42. The Labute approximate surface area is 89.3 Å². The summed E-state index contributed by atoms with van der Waals surface area (Å²) in [7, 11) is 0. The molecule has 82 valence electrons. The number of anilines is 1. The van der Waals surface area contributed by atoms with Gasteiger partial charge in [0.1, 0.15) is 0 Å². The highest BCUT2D eigenvalue weighted by atomic mass is 16.2. The lowest BCUT2D eigenvalue weighted by atomic mass is 10.2. The number of aryl methyl sites for hydroxylation is 1. The van der Waals surface area contributed by atoms with Crippen molar-refractivity contribution in [2.75, 3.05) is 11.9 Å². The molecule has 4 heteroatoms. The summed E-state index contributed by atoms with van der Waals surface area (Å²) in [5, 5.41) is 11.4. The van der Waals surface area contributed by atoms with Gasteiger partial charge in [0.05, 0.1) is 0 Å². The number of hydrogen-bond acceptors (Lipinski definition) is 3. The first-order valence-electron chi connectivity index (χ1n) is 5.05. The molecule has 0 fully saturated rings. The van der Waals surface area contributed by atoms with Gasteiger partial charge in [0.2, 0.25) is 5.91 Å². The van der Waals surface area contributed by atoms with E-state index in [0.717, 1.165) is 11.3 Å². The van der Waals surface area contributed by atoms with E-state index >= 15 is 0 Å². The van der Waals surface area contributed by atoms with E-state index in [4.69, 9.17) is 5.11 Å². The van der Waals surface area contributed by atoms with Crippen molar-refractivity contribution in [2.45, 2.75) is 26.2 Å². The molecule has 0 atom stereocenters. The Bertz CT molecular complexity index is 326. The van der Waals surface area contributed by atoms with Crippen LogP contribution in [0.25, 0.3) is 0 Å². The average Bonchev–Trinajstić information content (AvgIpc) is 2.22. The number of carbonyl (C=O) groups excluding carboxylic acids is 1. The van der Waals surface area contributed by atoms with E-state index in [-0.39, 0.29) is 12.5 Å². The second-order valence-electron chi connectivity index (χ2n) is 3.42. The summed E-state index contributed by atoms with van der Waals surface area (Å²) in [5.41, 5.74) is 1.76. The van der Waals surface area contributed by atoms with Crippen molar-refractivity contribution in [1.82, 2.24) is 4.98 Å². The molecule has 0 saturated heterocycles. The number of nitrogens with one attached hydrogen (secondary N) is 1. The van der Waals surface area contributed by atoms with E-state index in [9.17, 15) is 4.79 Å². The fourth-order valence-corrected chi connectivity index (χ4v) is 1.22. The minimum Gasteiger partial charge on any atom is -0.396 e. The maximum atomic E-state index is 11.4. The topological polar surface area (TPSA) is 62.2 Å². The first-order valence-corrected chi connectivity index (χ1v) is 5.05. The Hall–Kier alpha value is -1.42. The molecule has 0 spiro atoms. The Kier molecular flexibility index (Phi) is 4.77.